The third-order valence-electron chi connectivity index (χ3n) is 1.65. The van der Waals surface area contributed by atoms with Gasteiger partial charge in [0, 0.05) is 6.20 Å². The minimum absolute atomic E-state index is 0.0515. The van der Waals surface area contributed by atoms with Crippen LogP contribution in [0.3, 0.4) is 0 Å². The predicted octanol–water partition coefficient (Wildman–Crippen LogP) is 0.360. The molecule has 0 atom stereocenters. The van der Waals surface area contributed by atoms with E-state index in [9.17, 15) is 4.79 Å². The number of carbonyl (C=O) groups is 1. The number of aromatic nitrogens is 5. The molecule has 0 aliphatic rings. The lowest BCUT2D eigenvalue weighted by Crippen LogP contribution is -2.20. The molecule has 16 heavy (non-hydrogen) atoms. The number of nitrogens with zero attached hydrogens (tertiary/aromatic N) is 5. The van der Waals surface area contributed by atoms with Gasteiger partial charge in [-0.15, -0.1) is 0 Å². The van der Waals surface area contributed by atoms with Crippen LogP contribution >= 0.6 is 11.6 Å². The van der Waals surface area contributed by atoms with Gasteiger partial charge in [0.05, 0.1) is 0 Å². The van der Waals surface area contributed by atoms with Crippen molar-refractivity contribution < 1.29 is 4.79 Å². The fourth-order valence-corrected chi connectivity index (χ4v) is 1.16. The molecule has 0 aliphatic carbocycles. The van der Waals surface area contributed by atoms with Crippen LogP contribution in [-0.4, -0.2) is 30.6 Å². The summed E-state index contributed by atoms with van der Waals surface area (Å²) in [6.07, 6.45) is 4.25. The van der Waals surface area contributed by atoms with Crippen LogP contribution in [-0.2, 0) is 11.3 Å². The summed E-state index contributed by atoms with van der Waals surface area (Å²) in [5, 5.41) is 6.55. The molecule has 0 spiro atoms. The molecule has 2 aromatic rings. The molecule has 2 rings (SSSR count). The van der Waals surface area contributed by atoms with Gasteiger partial charge in [-0.1, -0.05) is 11.6 Å². The first kappa shape index (κ1) is 10.5. The van der Waals surface area contributed by atoms with Crippen molar-refractivity contribution >= 4 is 23.5 Å². The zero-order valence-corrected chi connectivity index (χ0v) is 8.79. The maximum Gasteiger partial charge on any atom is 0.248 e. The fraction of sp³-hybridized carbons (Fsp3) is 0.125. The number of halogens is 1. The average Bonchev–Trinajstić information content (AvgIpc) is 2.70. The van der Waals surface area contributed by atoms with Crippen LogP contribution in [0, 0.1) is 0 Å². The summed E-state index contributed by atoms with van der Waals surface area (Å²) >= 11 is 5.64. The minimum atomic E-state index is -0.298. The number of carbonyl (C=O) groups excluding carboxylic acids is 1. The molecule has 82 valence electrons. The molecule has 0 saturated heterocycles. The van der Waals surface area contributed by atoms with E-state index in [1.54, 1.807) is 0 Å². The Labute approximate surface area is 95.5 Å². The van der Waals surface area contributed by atoms with Crippen LogP contribution in [0.2, 0.25) is 5.15 Å². The smallest absolute Gasteiger partial charge is 0.248 e. The Morgan fingerprint density at radius 1 is 1.56 bits per heavy atom. The highest BCUT2D eigenvalue weighted by Crippen LogP contribution is 2.05. The second-order valence-corrected chi connectivity index (χ2v) is 3.23. The summed E-state index contributed by atoms with van der Waals surface area (Å²) in [4.78, 5) is 22.8. The van der Waals surface area contributed by atoms with Crippen LogP contribution in [0.25, 0.3) is 0 Å². The Morgan fingerprint density at radius 2 is 2.44 bits per heavy atom. The van der Waals surface area contributed by atoms with Crippen molar-refractivity contribution in [1.29, 1.82) is 0 Å². The number of nitrogens with one attached hydrogen (secondary N) is 1. The number of hydrogen-bond acceptors (Lipinski definition) is 5. The summed E-state index contributed by atoms with van der Waals surface area (Å²) in [6.45, 7) is 0.0515. The molecule has 0 aromatic carbocycles. The van der Waals surface area contributed by atoms with E-state index < -0.39 is 0 Å². The van der Waals surface area contributed by atoms with E-state index in [1.165, 1.54) is 29.6 Å². The third-order valence-corrected chi connectivity index (χ3v) is 1.86. The maximum atomic E-state index is 11.5. The van der Waals surface area contributed by atoms with E-state index in [-0.39, 0.29) is 23.6 Å². The average molecular weight is 239 g/mol. The molecular formula is C8H7ClN6O. The van der Waals surface area contributed by atoms with Gasteiger partial charge in [0.25, 0.3) is 0 Å². The highest BCUT2D eigenvalue weighted by atomic mass is 35.5. The van der Waals surface area contributed by atoms with Crippen molar-refractivity contribution in [2.24, 2.45) is 0 Å². The molecule has 0 radical (unpaired) electrons. The molecule has 7 nitrogen and oxygen atoms in total. The van der Waals surface area contributed by atoms with Gasteiger partial charge in [0.1, 0.15) is 24.4 Å². The van der Waals surface area contributed by atoms with E-state index in [4.69, 9.17) is 11.6 Å². The molecule has 0 unspecified atom stereocenters. The fourth-order valence-electron chi connectivity index (χ4n) is 1.02. The maximum absolute atomic E-state index is 11.5. The Kier molecular flexibility index (Phi) is 3.06. The van der Waals surface area contributed by atoms with Crippen LogP contribution in [0.4, 0.5) is 5.95 Å². The quantitative estimate of drug-likeness (QED) is 0.781. The molecular weight excluding hydrogens is 232 g/mol. The van der Waals surface area contributed by atoms with Crippen molar-refractivity contribution in [3.05, 3.63) is 30.1 Å². The third kappa shape index (κ3) is 2.74. The van der Waals surface area contributed by atoms with Gasteiger partial charge < -0.3 is 0 Å². The molecule has 1 N–H and O–H groups in total. The van der Waals surface area contributed by atoms with Crippen LogP contribution in [0.1, 0.15) is 0 Å². The predicted molar refractivity (Wildman–Crippen MR) is 55.7 cm³/mol. The summed E-state index contributed by atoms with van der Waals surface area (Å²) in [5.74, 6) is -0.134. The van der Waals surface area contributed by atoms with Gasteiger partial charge in [-0.3, -0.25) is 10.1 Å². The molecule has 0 bridgehead atoms. The molecule has 8 heteroatoms. The van der Waals surface area contributed by atoms with Gasteiger partial charge >= 0.3 is 0 Å². The lowest BCUT2D eigenvalue weighted by atomic mass is 10.6. The van der Waals surface area contributed by atoms with E-state index in [1.807, 2.05) is 0 Å². The number of anilines is 1. The van der Waals surface area contributed by atoms with Gasteiger partial charge in [-0.2, -0.15) is 5.10 Å². The highest BCUT2D eigenvalue weighted by Gasteiger charge is 2.05. The largest absolute Gasteiger partial charge is 0.293 e. The topological polar surface area (TPSA) is 85.6 Å². The van der Waals surface area contributed by atoms with Gasteiger partial charge in [-0.25, -0.2) is 19.6 Å². The molecule has 2 aromatic heterocycles. The van der Waals surface area contributed by atoms with E-state index in [0.717, 1.165) is 0 Å². The molecule has 1 amide bonds. The summed E-state index contributed by atoms with van der Waals surface area (Å²) in [5.41, 5.74) is 0. The second kappa shape index (κ2) is 4.67. The molecule has 0 saturated carbocycles. The summed E-state index contributed by atoms with van der Waals surface area (Å²) in [6, 6.07) is 1.52. The van der Waals surface area contributed by atoms with Gasteiger partial charge in [0.2, 0.25) is 11.9 Å². The van der Waals surface area contributed by atoms with Crippen LogP contribution in [0.5, 0.6) is 0 Å². The highest BCUT2D eigenvalue weighted by molar-refractivity contribution is 6.29. The van der Waals surface area contributed by atoms with Crippen molar-refractivity contribution in [2.75, 3.05) is 5.32 Å². The van der Waals surface area contributed by atoms with Gasteiger partial charge in [-0.05, 0) is 6.07 Å². The van der Waals surface area contributed by atoms with Crippen molar-refractivity contribution in [3.63, 3.8) is 0 Å². The van der Waals surface area contributed by atoms with Gasteiger partial charge in [0.15, 0.2) is 0 Å². The van der Waals surface area contributed by atoms with Crippen molar-refractivity contribution in [3.8, 4) is 0 Å². The first-order valence-corrected chi connectivity index (χ1v) is 4.72. The summed E-state index contributed by atoms with van der Waals surface area (Å²) in [7, 11) is 0. The normalized spacial score (nSPS) is 10.1. The molecule has 2 heterocycles. The molecule has 0 aliphatic heterocycles. The minimum Gasteiger partial charge on any atom is -0.293 e. The summed E-state index contributed by atoms with van der Waals surface area (Å²) < 4.78 is 1.39. The van der Waals surface area contributed by atoms with Crippen molar-refractivity contribution in [1.82, 2.24) is 24.7 Å². The van der Waals surface area contributed by atoms with E-state index in [0.29, 0.717) is 0 Å². The number of hydrogen-bond donors (Lipinski definition) is 1. The Hall–Kier alpha value is -2.02. The number of rotatable bonds is 3. The Balaban J connectivity index is 1.97. The van der Waals surface area contributed by atoms with E-state index >= 15 is 0 Å². The zero-order chi connectivity index (χ0) is 11.4. The zero-order valence-electron chi connectivity index (χ0n) is 8.04. The lowest BCUT2D eigenvalue weighted by molar-refractivity contribution is -0.117. The van der Waals surface area contributed by atoms with Crippen LogP contribution < -0.4 is 5.32 Å². The number of amides is 1. The van der Waals surface area contributed by atoms with E-state index in [2.05, 4.69) is 25.4 Å². The standard InChI is InChI=1S/C8H7ClN6O/c9-6-1-2-11-8(13-6)14-7(16)3-15-5-10-4-12-15/h1-2,4-5H,3H2,(H,11,13,14,16). The van der Waals surface area contributed by atoms with Crippen LogP contribution in [0.15, 0.2) is 24.9 Å². The monoisotopic (exact) mass is 238 g/mol. The first-order chi connectivity index (χ1) is 7.74. The first-order valence-electron chi connectivity index (χ1n) is 4.35. The van der Waals surface area contributed by atoms with Crippen molar-refractivity contribution in [2.45, 2.75) is 6.54 Å². The molecule has 0 fully saturated rings. The Morgan fingerprint density at radius 3 is 3.12 bits per heavy atom. The lowest BCUT2D eigenvalue weighted by Gasteiger charge is -2.02. The Bertz CT molecular complexity index is 485. The second-order valence-electron chi connectivity index (χ2n) is 2.84. The SMILES string of the molecule is O=C(Cn1cncn1)Nc1nccc(Cl)n1.